The molecule has 0 aliphatic heterocycles. The van der Waals surface area contributed by atoms with E-state index in [1.54, 1.807) is 0 Å². The van der Waals surface area contributed by atoms with Crippen LogP contribution in [0.25, 0.3) is 10.9 Å². The van der Waals surface area contributed by atoms with Gasteiger partial charge in [-0.2, -0.15) is 50.0 Å². The van der Waals surface area contributed by atoms with Crippen molar-refractivity contribution in [2.45, 2.75) is 50.1 Å². The molecule has 4 aromatic rings. The molecule has 0 saturated carbocycles. The predicted molar refractivity (Wildman–Crippen MR) is 161 cm³/mol. The molecule has 3 N–H and O–H groups in total. The van der Waals surface area contributed by atoms with Gasteiger partial charge in [0.1, 0.15) is 0 Å². The van der Waals surface area contributed by atoms with E-state index >= 15 is 0 Å². The topological polar surface area (TPSA) is 140 Å². The number of benzene rings is 3. The smallest absolute Gasteiger partial charge is 0.378 e. The Hall–Kier alpha value is -5.59. The molecule has 268 valence electrons. The lowest BCUT2D eigenvalue weighted by atomic mass is 10.0. The lowest BCUT2D eigenvalue weighted by Crippen LogP contribution is -2.52. The summed E-state index contributed by atoms with van der Waals surface area (Å²) in [4.78, 5) is 26.7. The largest absolute Gasteiger partial charge is 0.417 e. The zero-order valence-electron chi connectivity index (χ0n) is 26.2. The number of halogens is 9. The number of alkyl halides is 9. The number of hydrogen-bond acceptors (Lipinski definition) is 6. The minimum atomic E-state index is -4.99. The Morgan fingerprint density at radius 1 is 0.745 bits per heavy atom. The Balaban J connectivity index is 1.66. The van der Waals surface area contributed by atoms with Crippen LogP contribution in [0.4, 0.5) is 50.9 Å². The van der Waals surface area contributed by atoms with Crippen molar-refractivity contribution in [2.24, 2.45) is 0 Å². The van der Waals surface area contributed by atoms with Gasteiger partial charge in [-0.3, -0.25) is 9.59 Å². The average molecular weight is 726 g/mol. The summed E-state index contributed by atoms with van der Waals surface area (Å²) >= 11 is 0. The summed E-state index contributed by atoms with van der Waals surface area (Å²) in [7, 11) is 0. The van der Waals surface area contributed by atoms with Gasteiger partial charge in [0.25, 0.3) is 11.8 Å². The lowest BCUT2D eigenvalue weighted by molar-refractivity contribution is -0.159. The summed E-state index contributed by atoms with van der Waals surface area (Å²) in [5.41, 5.74) is -10.8. The number of carbonyl (C=O) groups excluding carboxylic acids is 2. The Morgan fingerprint density at radius 3 is 1.73 bits per heavy atom. The zero-order chi connectivity index (χ0) is 38.2. The van der Waals surface area contributed by atoms with Crippen molar-refractivity contribution in [2.75, 3.05) is 17.2 Å². The maximum Gasteiger partial charge on any atom is 0.417 e. The molecule has 18 heteroatoms. The van der Waals surface area contributed by atoms with Crippen LogP contribution in [0.1, 0.15) is 41.7 Å². The fourth-order valence-corrected chi connectivity index (χ4v) is 4.82. The highest BCUT2D eigenvalue weighted by Gasteiger charge is 2.42. The first-order valence-electron chi connectivity index (χ1n) is 14.4. The zero-order valence-corrected chi connectivity index (χ0v) is 26.2. The normalized spacial score (nSPS) is 14.5. The Kier molecular flexibility index (Phi) is 10.2. The maximum absolute atomic E-state index is 13.7. The van der Waals surface area contributed by atoms with Gasteiger partial charge in [0, 0.05) is 28.5 Å². The molecule has 0 aliphatic rings. The predicted octanol–water partition coefficient (Wildman–Crippen LogP) is 7.24. The van der Waals surface area contributed by atoms with Gasteiger partial charge in [-0.25, -0.2) is 0 Å². The molecule has 1 heterocycles. The first-order valence-corrected chi connectivity index (χ1v) is 14.4. The van der Waals surface area contributed by atoms with Crippen molar-refractivity contribution in [3.8, 4) is 12.1 Å². The first-order chi connectivity index (χ1) is 23.5. The Morgan fingerprint density at radius 2 is 1.25 bits per heavy atom. The number of nitrogens with one attached hydrogen (secondary N) is 2. The highest BCUT2D eigenvalue weighted by Crippen LogP contribution is 2.36. The fraction of sp³-hybridized carbons (Fsp3) is 0.273. The number of carbonyl (C=O) groups is 2. The number of ether oxygens (including phenoxy) is 1. The minimum absolute atomic E-state index is 0.0847. The highest BCUT2D eigenvalue weighted by molar-refractivity contribution is 5.98. The number of rotatable bonds is 9. The van der Waals surface area contributed by atoms with Crippen LogP contribution in [0.5, 0.6) is 0 Å². The van der Waals surface area contributed by atoms with E-state index < -0.39 is 93.9 Å². The Bertz CT molecular complexity index is 2070. The molecule has 2 unspecified atom stereocenters. The van der Waals surface area contributed by atoms with Crippen LogP contribution >= 0.6 is 0 Å². The summed E-state index contributed by atoms with van der Waals surface area (Å²) in [5, 5.41) is 33.4. The quantitative estimate of drug-likeness (QED) is 0.156. The van der Waals surface area contributed by atoms with E-state index in [9.17, 15) is 54.2 Å². The molecule has 51 heavy (non-hydrogen) atoms. The molecule has 0 saturated heterocycles. The minimum Gasteiger partial charge on any atom is -0.378 e. The van der Waals surface area contributed by atoms with Crippen molar-refractivity contribution in [3.05, 3.63) is 94.7 Å². The molecule has 1 aromatic heterocycles. The molecule has 0 spiro atoms. The van der Waals surface area contributed by atoms with Crippen LogP contribution in [0.2, 0.25) is 0 Å². The fourth-order valence-electron chi connectivity index (χ4n) is 4.82. The molecule has 3 aromatic carbocycles. The van der Waals surface area contributed by atoms with Crippen LogP contribution in [0.15, 0.2) is 66.9 Å². The summed E-state index contributed by atoms with van der Waals surface area (Å²) in [6.07, 6.45) is -13.4. The van der Waals surface area contributed by atoms with E-state index in [1.165, 1.54) is 29.0 Å². The molecule has 9 nitrogen and oxygen atoms in total. The van der Waals surface area contributed by atoms with Crippen LogP contribution < -0.4 is 10.6 Å². The second kappa shape index (κ2) is 13.6. The number of hydrogen-bond donors (Lipinski definition) is 3. The molecule has 0 bridgehead atoms. The highest BCUT2D eigenvalue weighted by atomic mass is 19.4. The molecule has 0 aliphatic carbocycles. The van der Waals surface area contributed by atoms with Gasteiger partial charge in [-0.15, -0.1) is 0 Å². The molecule has 2 atom stereocenters. The van der Waals surface area contributed by atoms with Gasteiger partial charge in [-0.1, -0.05) is 0 Å². The monoisotopic (exact) mass is 725 g/mol. The van der Waals surface area contributed by atoms with Crippen molar-refractivity contribution in [3.63, 3.8) is 0 Å². The van der Waals surface area contributed by atoms with E-state index in [1.807, 2.05) is 0 Å². The van der Waals surface area contributed by atoms with E-state index in [-0.39, 0.29) is 10.9 Å². The van der Waals surface area contributed by atoms with Crippen molar-refractivity contribution < 1.29 is 58.9 Å². The van der Waals surface area contributed by atoms with E-state index in [0.717, 1.165) is 56.3 Å². The molecular weight excluding hydrogens is 701 g/mol. The van der Waals surface area contributed by atoms with Gasteiger partial charge < -0.3 is 25.0 Å². The third-order valence-electron chi connectivity index (χ3n) is 7.62. The van der Waals surface area contributed by atoms with Crippen LogP contribution in [0.3, 0.4) is 0 Å². The van der Waals surface area contributed by atoms with E-state index in [0.29, 0.717) is 12.1 Å². The SMILES string of the molecule is CC(O)(COC(C)(Cn1ccc2cc(C(F)(F)F)ccc21)C(=O)Nc1ccc(C#N)c(C(F)(F)F)c1)C(=O)Nc1ccc(C#N)c(C(F)(F)F)c1. The maximum atomic E-state index is 13.7. The second-order valence-corrected chi connectivity index (χ2v) is 11.7. The second-order valence-electron chi connectivity index (χ2n) is 11.7. The molecule has 0 fully saturated rings. The molecule has 0 radical (unpaired) electrons. The summed E-state index contributed by atoms with van der Waals surface area (Å²) in [6, 6.07) is 11.2. The van der Waals surface area contributed by atoms with Crippen LogP contribution in [-0.4, -0.2) is 39.3 Å². The number of anilines is 2. The van der Waals surface area contributed by atoms with E-state index in [2.05, 4.69) is 10.6 Å². The van der Waals surface area contributed by atoms with Gasteiger partial charge in [0.2, 0.25) is 0 Å². The standard InChI is InChI=1S/C33H24F9N5O4/c1-29(50,27(48)45-22-6-3-19(14-43)24(12-22)32(37,38)39)17-51-30(2,16-47-10-9-18-11-21(31(34,35)36)5-8-26(18)47)28(49)46-23-7-4-20(15-44)25(13-23)33(40,41)42/h3-13,50H,16-17H2,1-2H3,(H,45,48)(H,46,49). The number of nitrogens with zero attached hydrogens (tertiary/aromatic N) is 3. The molecular formula is C33H24F9N5O4. The third kappa shape index (κ3) is 8.59. The number of amides is 2. The number of fused-ring (bicyclic) bond motifs is 1. The van der Waals surface area contributed by atoms with Gasteiger partial charge in [0.15, 0.2) is 11.2 Å². The van der Waals surface area contributed by atoms with Gasteiger partial charge in [-0.05, 0) is 74.5 Å². The van der Waals surface area contributed by atoms with Gasteiger partial charge >= 0.3 is 18.5 Å². The third-order valence-corrected chi connectivity index (χ3v) is 7.62. The molecule has 2 amide bonds. The van der Waals surface area contributed by atoms with Crippen LogP contribution in [0, 0.1) is 22.7 Å². The number of nitriles is 2. The Labute approximate surface area is 282 Å². The number of aromatic nitrogens is 1. The van der Waals surface area contributed by atoms with Gasteiger partial charge in [0.05, 0.1) is 53.1 Å². The first kappa shape index (κ1) is 38.2. The van der Waals surface area contributed by atoms with E-state index in [4.69, 9.17) is 15.3 Å². The van der Waals surface area contributed by atoms with Crippen molar-refractivity contribution in [1.29, 1.82) is 10.5 Å². The average Bonchev–Trinajstić information content (AvgIpc) is 3.44. The van der Waals surface area contributed by atoms with Crippen molar-refractivity contribution in [1.82, 2.24) is 4.57 Å². The summed E-state index contributed by atoms with van der Waals surface area (Å²) < 4.78 is 128. The summed E-state index contributed by atoms with van der Waals surface area (Å²) in [6.45, 7) is 0.383. The van der Waals surface area contributed by atoms with Crippen LogP contribution in [-0.2, 0) is 39.4 Å². The lowest BCUT2D eigenvalue weighted by Gasteiger charge is -2.33. The van der Waals surface area contributed by atoms with Crippen molar-refractivity contribution >= 4 is 34.1 Å². The summed E-state index contributed by atoms with van der Waals surface area (Å²) in [5.74, 6) is -2.48. The number of aliphatic hydroxyl groups is 1. The molecule has 4 rings (SSSR count).